The lowest BCUT2D eigenvalue weighted by Gasteiger charge is -2.26. The molecule has 1 aliphatic carbocycles. The number of nitrogens with zero attached hydrogens (tertiary/aromatic N) is 2. The zero-order valence-electron chi connectivity index (χ0n) is 10.7. The summed E-state index contributed by atoms with van der Waals surface area (Å²) in [7, 11) is -1.47. The molecule has 0 amide bonds. The molecule has 0 saturated heterocycles. The Hall–Kier alpha value is -0.940. The zero-order valence-corrected chi connectivity index (χ0v) is 11.6. The molecule has 1 saturated carbocycles. The highest BCUT2D eigenvalue weighted by molar-refractivity contribution is 7.89. The van der Waals surface area contributed by atoms with E-state index < -0.39 is 10.0 Å². The average Bonchev–Trinajstić information content (AvgIpc) is 2.28. The Morgan fingerprint density at radius 3 is 2.56 bits per heavy atom. The minimum Gasteiger partial charge on any atom is -0.265 e. The van der Waals surface area contributed by atoms with Gasteiger partial charge in [0.15, 0.2) is 0 Å². The maximum atomic E-state index is 12.1. The Kier molecular flexibility index (Phi) is 4.35. The molecule has 1 fully saturated rings. The van der Waals surface area contributed by atoms with Crippen molar-refractivity contribution in [2.45, 2.75) is 32.2 Å². The van der Waals surface area contributed by atoms with Gasteiger partial charge >= 0.3 is 0 Å². The smallest absolute Gasteiger partial charge is 0.214 e. The standard InChI is InChI=1S/C13H20N2O2S/c1-15(11-13-5-8-14-9-6-13)18(16,17)10-7-12-3-2-4-12/h5-6,8-9,12H,2-4,7,10-11H2,1H3. The first-order valence-corrected chi connectivity index (χ1v) is 8.02. The molecule has 18 heavy (non-hydrogen) atoms. The molecule has 0 bridgehead atoms. The van der Waals surface area contributed by atoms with Gasteiger partial charge in [-0.05, 0) is 30.0 Å². The summed E-state index contributed by atoms with van der Waals surface area (Å²) in [6.45, 7) is 0.426. The van der Waals surface area contributed by atoms with Crippen molar-refractivity contribution < 1.29 is 8.42 Å². The van der Waals surface area contributed by atoms with E-state index in [4.69, 9.17) is 0 Å². The first-order valence-electron chi connectivity index (χ1n) is 6.41. The number of hydrogen-bond acceptors (Lipinski definition) is 3. The van der Waals surface area contributed by atoms with Crippen molar-refractivity contribution in [1.29, 1.82) is 0 Å². The summed E-state index contributed by atoms with van der Waals surface area (Å²) in [6.07, 6.45) is 7.84. The van der Waals surface area contributed by atoms with Crippen LogP contribution in [0.2, 0.25) is 0 Å². The molecular formula is C13H20N2O2S. The second kappa shape index (κ2) is 5.80. The van der Waals surface area contributed by atoms with Crippen LogP contribution in [0.15, 0.2) is 24.5 Å². The molecule has 1 aromatic rings. The van der Waals surface area contributed by atoms with Gasteiger partial charge in [-0.3, -0.25) is 4.98 Å². The molecule has 1 aromatic heterocycles. The first kappa shape index (κ1) is 13.5. The summed E-state index contributed by atoms with van der Waals surface area (Å²) in [4.78, 5) is 3.93. The highest BCUT2D eigenvalue weighted by Crippen LogP contribution is 2.29. The number of sulfonamides is 1. The van der Waals surface area contributed by atoms with Gasteiger partial charge in [0.1, 0.15) is 0 Å². The molecule has 1 aliphatic rings. The monoisotopic (exact) mass is 268 g/mol. The van der Waals surface area contributed by atoms with E-state index in [1.54, 1.807) is 19.4 Å². The third kappa shape index (κ3) is 3.53. The zero-order chi connectivity index (χ0) is 13.0. The Balaban J connectivity index is 1.88. The minimum atomic E-state index is -3.12. The fourth-order valence-electron chi connectivity index (χ4n) is 2.10. The lowest BCUT2D eigenvalue weighted by Crippen LogP contribution is -2.30. The van der Waals surface area contributed by atoms with Crippen molar-refractivity contribution in [3.8, 4) is 0 Å². The van der Waals surface area contributed by atoms with Crippen LogP contribution in [0.25, 0.3) is 0 Å². The van der Waals surface area contributed by atoms with E-state index in [2.05, 4.69) is 4.98 Å². The summed E-state index contributed by atoms with van der Waals surface area (Å²) in [5, 5.41) is 0. The second-order valence-electron chi connectivity index (χ2n) is 5.01. The van der Waals surface area contributed by atoms with Crippen LogP contribution >= 0.6 is 0 Å². The summed E-state index contributed by atoms with van der Waals surface area (Å²) in [5.74, 6) is 0.910. The van der Waals surface area contributed by atoms with Gasteiger partial charge < -0.3 is 0 Å². The Bertz CT molecular complexity index is 469. The maximum absolute atomic E-state index is 12.1. The van der Waals surface area contributed by atoms with Crippen molar-refractivity contribution in [2.75, 3.05) is 12.8 Å². The van der Waals surface area contributed by atoms with Crippen molar-refractivity contribution in [3.05, 3.63) is 30.1 Å². The lowest BCUT2D eigenvalue weighted by molar-refractivity contribution is 0.305. The molecular weight excluding hydrogens is 248 g/mol. The molecule has 0 spiro atoms. The van der Waals surface area contributed by atoms with Crippen molar-refractivity contribution in [1.82, 2.24) is 9.29 Å². The van der Waals surface area contributed by atoms with E-state index in [-0.39, 0.29) is 5.75 Å². The van der Waals surface area contributed by atoms with Crippen LogP contribution in [0.4, 0.5) is 0 Å². The van der Waals surface area contributed by atoms with Crippen LogP contribution in [0, 0.1) is 5.92 Å². The Labute approximate surface area is 109 Å². The minimum absolute atomic E-state index is 0.277. The molecule has 0 atom stereocenters. The van der Waals surface area contributed by atoms with Crippen LogP contribution in [-0.4, -0.2) is 30.5 Å². The van der Waals surface area contributed by atoms with E-state index in [1.165, 1.54) is 23.6 Å². The van der Waals surface area contributed by atoms with Crippen molar-refractivity contribution in [2.24, 2.45) is 5.92 Å². The third-order valence-electron chi connectivity index (χ3n) is 3.64. The molecule has 0 aromatic carbocycles. The molecule has 100 valence electrons. The lowest BCUT2D eigenvalue weighted by atomic mass is 9.84. The van der Waals surface area contributed by atoms with Gasteiger partial charge in [-0.25, -0.2) is 12.7 Å². The van der Waals surface area contributed by atoms with Crippen LogP contribution in [0.3, 0.4) is 0 Å². The van der Waals surface area contributed by atoms with Crippen molar-refractivity contribution >= 4 is 10.0 Å². The van der Waals surface area contributed by atoms with Gasteiger partial charge in [-0.1, -0.05) is 19.3 Å². The predicted molar refractivity (Wildman–Crippen MR) is 71.4 cm³/mol. The van der Waals surface area contributed by atoms with Gasteiger partial charge in [-0.2, -0.15) is 0 Å². The highest BCUT2D eigenvalue weighted by Gasteiger charge is 2.23. The Morgan fingerprint density at radius 1 is 1.33 bits per heavy atom. The molecule has 0 N–H and O–H groups in total. The molecule has 0 aliphatic heterocycles. The van der Waals surface area contributed by atoms with Gasteiger partial charge in [-0.15, -0.1) is 0 Å². The maximum Gasteiger partial charge on any atom is 0.214 e. The van der Waals surface area contributed by atoms with Crippen LogP contribution in [0.5, 0.6) is 0 Å². The first-order chi connectivity index (χ1) is 8.58. The second-order valence-corrected chi connectivity index (χ2v) is 7.21. The fourth-order valence-corrected chi connectivity index (χ4v) is 3.39. The van der Waals surface area contributed by atoms with Crippen LogP contribution in [-0.2, 0) is 16.6 Å². The summed E-state index contributed by atoms with van der Waals surface area (Å²) < 4.78 is 25.6. The topological polar surface area (TPSA) is 50.3 Å². The molecule has 2 rings (SSSR count). The average molecular weight is 268 g/mol. The third-order valence-corrected chi connectivity index (χ3v) is 5.47. The van der Waals surface area contributed by atoms with Gasteiger partial charge in [0.2, 0.25) is 10.0 Å². The highest BCUT2D eigenvalue weighted by atomic mass is 32.2. The Morgan fingerprint density at radius 2 is 2.00 bits per heavy atom. The molecule has 5 heteroatoms. The normalized spacial score (nSPS) is 16.8. The molecule has 1 heterocycles. The van der Waals surface area contributed by atoms with E-state index in [0.29, 0.717) is 12.5 Å². The van der Waals surface area contributed by atoms with Crippen LogP contribution in [0.1, 0.15) is 31.2 Å². The van der Waals surface area contributed by atoms with Gasteiger partial charge in [0.05, 0.1) is 5.75 Å². The number of pyridine rings is 1. The van der Waals surface area contributed by atoms with E-state index in [9.17, 15) is 8.42 Å². The number of rotatable bonds is 6. The molecule has 4 nitrogen and oxygen atoms in total. The van der Waals surface area contributed by atoms with E-state index in [0.717, 1.165) is 12.0 Å². The predicted octanol–water partition coefficient (Wildman–Crippen LogP) is 2.03. The number of aromatic nitrogens is 1. The SMILES string of the molecule is CN(Cc1ccncc1)S(=O)(=O)CCC1CCC1. The fraction of sp³-hybridized carbons (Fsp3) is 0.615. The quantitative estimate of drug-likeness (QED) is 0.793. The summed E-state index contributed by atoms with van der Waals surface area (Å²) >= 11 is 0. The number of hydrogen-bond donors (Lipinski definition) is 0. The largest absolute Gasteiger partial charge is 0.265 e. The van der Waals surface area contributed by atoms with Crippen molar-refractivity contribution in [3.63, 3.8) is 0 Å². The van der Waals surface area contributed by atoms with E-state index >= 15 is 0 Å². The van der Waals surface area contributed by atoms with Gasteiger partial charge in [0.25, 0.3) is 0 Å². The van der Waals surface area contributed by atoms with Gasteiger partial charge in [0, 0.05) is 26.0 Å². The molecule has 0 unspecified atom stereocenters. The summed E-state index contributed by atoms with van der Waals surface area (Å²) in [6, 6.07) is 3.69. The van der Waals surface area contributed by atoms with Crippen LogP contribution < -0.4 is 0 Å². The summed E-state index contributed by atoms with van der Waals surface area (Å²) in [5.41, 5.74) is 0.972. The van der Waals surface area contributed by atoms with E-state index in [1.807, 2.05) is 12.1 Å². The molecule has 0 radical (unpaired) electrons.